The fourth-order valence-electron chi connectivity index (χ4n) is 1.95. The Balaban J connectivity index is 2.65. The topological polar surface area (TPSA) is 101 Å². The quantitative estimate of drug-likeness (QED) is 0.637. The zero-order valence-corrected chi connectivity index (χ0v) is 11.8. The standard InChI is InChI=1S/C14H9FN2O4S/c15-10-6-7-12(13(8-10)17(18)19)14(9-16)22(20,21)11-4-2-1-3-5-11/h1-8,14H. The van der Waals surface area contributed by atoms with Crippen molar-refractivity contribution in [1.29, 1.82) is 5.26 Å². The van der Waals surface area contributed by atoms with Crippen molar-refractivity contribution in [3.8, 4) is 6.07 Å². The summed E-state index contributed by atoms with van der Waals surface area (Å²) in [4.78, 5) is 9.94. The maximum absolute atomic E-state index is 13.2. The smallest absolute Gasteiger partial charge is 0.258 e. The molecule has 2 rings (SSSR count). The van der Waals surface area contributed by atoms with Gasteiger partial charge in [-0.1, -0.05) is 18.2 Å². The molecule has 0 spiro atoms. The van der Waals surface area contributed by atoms with Crippen molar-refractivity contribution in [1.82, 2.24) is 0 Å². The molecular weight excluding hydrogens is 311 g/mol. The molecule has 2 aromatic rings. The number of nitro benzene ring substituents is 1. The molecule has 22 heavy (non-hydrogen) atoms. The summed E-state index contributed by atoms with van der Waals surface area (Å²) in [7, 11) is -4.16. The largest absolute Gasteiger partial charge is 0.277 e. The van der Waals surface area contributed by atoms with Gasteiger partial charge in [0.15, 0.2) is 15.1 Å². The SMILES string of the molecule is N#CC(c1ccc(F)cc1[N+](=O)[O-])S(=O)(=O)c1ccccc1. The van der Waals surface area contributed by atoms with E-state index >= 15 is 0 Å². The van der Waals surface area contributed by atoms with Gasteiger partial charge in [0.1, 0.15) is 5.82 Å². The zero-order valence-electron chi connectivity index (χ0n) is 11.0. The van der Waals surface area contributed by atoms with Crippen LogP contribution in [-0.2, 0) is 9.84 Å². The highest BCUT2D eigenvalue weighted by Gasteiger charge is 2.34. The molecule has 6 nitrogen and oxygen atoms in total. The zero-order chi connectivity index (χ0) is 16.3. The Morgan fingerprint density at radius 2 is 1.82 bits per heavy atom. The molecule has 0 heterocycles. The number of hydrogen-bond acceptors (Lipinski definition) is 5. The first kappa shape index (κ1) is 15.6. The lowest BCUT2D eigenvalue weighted by molar-refractivity contribution is -0.385. The summed E-state index contributed by atoms with van der Waals surface area (Å²) in [5.74, 6) is -0.885. The fourth-order valence-corrected chi connectivity index (χ4v) is 3.43. The van der Waals surface area contributed by atoms with E-state index in [0.717, 1.165) is 12.1 Å². The highest BCUT2D eigenvalue weighted by Crippen LogP contribution is 2.34. The summed E-state index contributed by atoms with van der Waals surface area (Å²) in [6.07, 6.45) is 0. The lowest BCUT2D eigenvalue weighted by Gasteiger charge is -2.11. The van der Waals surface area contributed by atoms with Gasteiger partial charge in [0.25, 0.3) is 5.69 Å². The van der Waals surface area contributed by atoms with Crippen molar-refractivity contribution >= 4 is 15.5 Å². The van der Waals surface area contributed by atoms with Gasteiger partial charge in [-0.2, -0.15) is 5.26 Å². The van der Waals surface area contributed by atoms with Crippen LogP contribution < -0.4 is 0 Å². The summed E-state index contributed by atoms with van der Waals surface area (Å²) in [6.45, 7) is 0. The minimum atomic E-state index is -4.16. The first-order chi connectivity index (χ1) is 10.4. The van der Waals surface area contributed by atoms with Gasteiger partial charge in [0.2, 0.25) is 0 Å². The molecule has 0 fully saturated rings. The molecule has 2 aromatic carbocycles. The maximum atomic E-state index is 13.2. The van der Waals surface area contributed by atoms with E-state index in [0.29, 0.717) is 6.07 Å². The number of hydrogen-bond donors (Lipinski definition) is 0. The van der Waals surface area contributed by atoms with Gasteiger partial charge in [-0.3, -0.25) is 10.1 Å². The van der Waals surface area contributed by atoms with Crippen LogP contribution in [0.4, 0.5) is 10.1 Å². The average molecular weight is 320 g/mol. The summed E-state index contributed by atoms with van der Waals surface area (Å²) >= 11 is 0. The van der Waals surface area contributed by atoms with E-state index in [2.05, 4.69) is 0 Å². The number of sulfone groups is 1. The summed E-state index contributed by atoms with van der Waals surface area (Å²) in [5.41, 5.74) is -1.11. The number of nitrogens with zero attached hydrogens (tertiary/aromatic N) is 2. The lowest BCUT2D eigenvalue weighted by Crippen LogP contribution is -2.14. The highest BCUT2D eigenvalue weighted by atomic mass is 32.2. The molecular formula is C14H9FN2O4S. The monoisotopic (exact) mass is 320 g/mol. The molecule has 8 heteroatoms. The summed E-state index contributed by atoms with van der Waals surface area (Å²) in [5, 5.41) is 18.4. The Morgan fingerprint density at radius 3 is 2.36 bits per heavy atom. The highest BCUT2D eigenvalue weighted by molar-refractivity contribution is 7.92. The molecule has 1 unspecified atom stereocenters. The van der Waals surface area contributed by atoms with Gasteiger partial charge < -0.3 is 0 Å². The molecule has 0 aliphatic heterocycles. The third-order valence-corrected chi connectivity index (χ3v) is 4.88. The average Bonchev–Trinajstić information content (AvgIpc) is 2.50. The molecule has 0 aliphatic rings. The second-order valence-corrected chi connectivity index (χ2v) is 6.36. The van der Waals surface area contributed by atoms with Crippen molar-refractivity contribution in [2.75, 3.05) is 0 Å². The molecule has 0 bridgehead atoms. The van der Waals surface area contributed by atoms with E-state index < -0.39 is 31.5 Å². The van der Waals surface area contributed by atoms with Crippen LogP contribution in [0.1, 0.15) is 10.8 Å². The van der Waals surface area contributed by atoms with E-state index in [1.54, 1.807) is 12.1 Å². The molecule has 0 amide bonds. The molecule has 0 N–H and O–H groups in total. The number of benzene rings is 2. The van der Waals surface area contributed by atoms with Gasteiger partial charge in [-0.15, -0.1) is 0 Å². The molecule has 0 radical (unpaired) electrons. The summed E-state index contributed by atoms with van der Waals surface area (Å²) < 4.78 is 38.1. The number of nitriles is 1. The predicted octanol–water partition coefficient (Wildman–Crippen LogP) is 2.77. The van der Waals surface area contributed by atoms with Crippen LogP contribution in [0, 0.1) is 27.3 Å². The van der Waals surface area contributed by atoms with Crippen LogP contribution >= 0.6 is 0 Å². The van der Waals surface area contributed by atoms with E-state index in [9.17, 15) is 28.2 Å². The minimum absolute atomic E-state index is 0.139. The van der Waals surface area contributed by atoms with Crippen LogP contribution in [0.15, 0.2) is 53.4 Å². The van der Waals surface area contributed by atoms with Gasteiger partial charge in [0.05, 0.1) is 27.5 Å². The van der Waals surface area contributed by atoms with Crippen LogP contribution in [0.3, 0.4) is 0 Å². The van der Waals surface area contributed by atoms with E-state index in [-0.39, 0.29) is 10.5 Å². The van der Waals surface area contributed by atoms with Crippen LogP contribution in [0.25, 0.3) is 0 Å². The first-order valence-corrected chi connectivity index (χ1v) is 7.55. The Bertz CT molecular complexity index is 860. The Labute approximate surface area is 125 Å². The number of nitro groups is 1. The molecule has 0 aromatic heterocycles. The minimum Gasteiger partial charge on any atom is -0.258 e. The van der Waals surface area contributed by atoms with Crippen LogP contribution in [0.2, 0.25) is 0 Å². The second-order valence-electron chi connectivity index (χ2n) is 4.33. The summed E-state index contributed by atoms with van der Waals surface area (Å²) in [6, 6.07) is 11.1. The molecule has 0 saturated heterocycles. The maximum Gasteiger partial charge on any atom is 0.277 e. The number of halogens is 1. The van der Waals surface area contributed by atoms with Crippen LogP contribution in [0.5, 0.6) is 0 Å². The Kier molecular flexibility index (Phi) is 4.19. The van der Waals surface area contributed by atoms with Crippen molar-refractivity contribution in [3.63, 3.8) is 0 Å². The predicted molar refractivity (Wildman–Crippen MR) is 75.0 cm³/mol. The van der Waals surface area contributed by atoms with Crippen molar-refractivity contribution < 1.29 is 17.7 Å². The molecule has 1 atom stereocenters. The fraction of sp³-hybridized carbons (Fsp3) is 0.0714. The van der Waals surface area contributed by atoms with Gasteiger partial charge in [-0.05, 0) is 24.3 Å². The molecule has 0 saturated carbocycles. The third kappa shape index (κ3) is 2.80. The Morgan fingerprint density at radius 1 is 1.18 bits per heavy atom. The molecule has 112 valence electrons. The van der Waals surface area contributed by atoms with Crippen molar-refractivity contribution in [2.45, 2.75) is 10.1 Å². The normalized spacial score (nSPS) is 12.4. The lowest BCUT2D eigenvalue weighted by atomic mass is 10.1. The van der Waals surface area contributed by atoms with Gasteiger partial charge >= 0.3 is 0 Å². The number of rotatable bonds is 4. The van der Waals surface area contributed by atoms with Crippen molar-refractivity contribution in [2.24, 2.45) is 0 Å². The van der Waals surface area contributed by atoms with Gasteiger partial charge in [-0.25, -0.2) is 12.8 Å². The second kappa shape index (κ2) is 5.91. The first-order valence-electron chi connectivity index (χ1n) is 6.00. The van der Waals surface area contributed by atoms with E-state index in [1.165, 1.54) is 24.3 Å². The van der Waals surface area contributed by atoms with E-state index in [4.69, 9.17) is 0 Å². The van der Waals surface area contributed by atoms with E-state index in [1.807, 2.05) is 0 Å². The third-order valence-electron chi connectivity index (χ3n) is 2.97. The van der Waals surface area contributed by atoms with Crippen molar-refractivity contribution in [3.05, 3.63) is 70.0 Å². The van der Waals surface area contributed by atoms with Crippen LogP contribution in [-0.4, -0.2) is 13.3 Å². The van der Waals surface area contributed by atoms with Gasteiger partial charge in [0, 0.05) is 0 Å². The molecule has 0 aliphatic carbocycles. The Hall–Kier alpha value is -2.79.